The van der Waals surface area contributed by atoms with Gasteiger partial charge in [-0.2, -0.15) is 9.47 Å². The Morgan fingerprint density at radius 2 is 2.14 bits per heavy atom. The standard InChI is InChI=1S/C20H19N7S/c1-4-5-6-7-14(2)16-10-18(28-25-16)24-19-20-22-12-17(27(20)9-8-21-19)15-11-23-26(3)13-15/h4-13H,1H2,2-3H3,(H,21,24)/b6-5-,14-7+. The highest BCUT2D eigenvalue weighted by atomic mass is 32.1. The molecule has 0 radical (unpaired) electrons. The Kier molecular flexibility index (Phi) is 4.86. The summed E-state index contributed by atoms with van der Waals surface area (Å²) in [6.45, 7) is 5.70. The van der Waals surface area contributed by atoms with Crippen molar-refractivity contribution in [2.45, 2.75) is 6.92 Å². The lowest BCUT2D eigenvalue weighted by atomic mass is 10.2. The van der Waals surface area contributed by atoms with E-state index in [1.165, 1.54) is 11.5 Å². The van der Waals surface area contributed by atoms with Crippen LogP contribution in [0.3, 0.4) is 0 Å². The third-order valence-electron chi connectivity index (χ3n) is 4.18. The second-order valence-electron chi connectivity index (χ2n) is 6.19. The summed E-state index contributed by atoms with van der Waals surface area (Å²) in [6.07, 6.45) is 16.8. The van der Waals surface area contributed by atoms with E-state index in [1.807, 2.05) is 67.5 Å². The Labute approximate surface area is 166 Å². The molecule has 8 heteroatoms. The van der Waals surface area contributed by atoms with Gasteiger partial charge in [0.05, 0.1) is 23.8 Å². The van der Waals surface area contributed by atoms with Gasteiger partial charge in [-0.1, -0.05) is 30.9 Å². The van der Waals surface area contributed by atoms with Crippen molar-refractivity contribution >= 4 is 33.6 Å². The van der Waals surface area contributed by atoms with Crippen LogP contribution in [0.25, 0.3) is 22.5 Å². The summed E-state index contributed by atoms with van der Waals surface area (Å²) in [6, 6.07) is 2.01. The average molecular weight is 389 g/mol. The molecule has 0 aromatic carbocycles. The first-order valence-electron chi connectivity index (χ1n) is 8.67. The Morgan fingerprint density at radius 3 is 2.93 bits per heavy atom. The Hall–Kier alpha value is -3.52. The van der Waals surface area contributed by atoms with Gasteiger partial charge in [-0.25, -0.2) is 9.97 Å². The fourth-order valence-electron chi connectivity index (χ4n) is 2.77. The number of nitrogens with zero attached hydrogens (tertiary/aromatic N) is 6. The van der Waals surface area contributed by atoms with Gasteiger partial charge in [-0.3, -0.25) is 9.08 Å². The first-order valence-corrected chi connectivity index (χ1v) is 9.44. The maximum absolute atomic E-state index is 4.55. The van der Waals surface area contributed by atoms with E-state index in [0.717, 1.165) is 33.2 Å². The summed E-state index contributed by atoms with van der Waals surface area (Å²) >= 11 is 1.39. The highest BCUT2D eigenvalue weighted by molar-refractivity contribution is 7.10. The zero-order chi connectivity index (χ0) is 19.5. The highest BCUT2D eigenvalue weighted by Gasteiger charge is 2.13. The molecule has 140 valence electrons. The third kappa shape index (κ3) is 3.49. The minimum atomic E-state index is 0.682. The van der Waals surface area contributed by atoms with E-state index in [-0.39, 0.29) is 0 Å². The number of hydrogen-bond acceptors (Lipinski definition) is 6. The van der Waals surface area contributed by atoms with Crippen LogP contribution in [-0.4, -0.2) is 28.5 Å². The van der Waals surface area contributed by atoms with E-state index in [2.05, 4.69) is 31.3 Å². The molecule has 7 nitrogen and oxygen atoms in total. The van der Waals surface area contributed by atoms with Crippen LogP contribution < -0.4 is 5.32 Å². The molecule has 4 heterocycles. The fourth-order valence-corrected chi connectivity index (χ4v) is 3.48. The Morgan fingerprint density at radius 1 is 1.25 bits per heavy atom. The van der Waals surface area contributed by atoms with Crippen LogP contribution in [0.1, 0.15) is 12.6 Å². The number of aryl methyl sites for hydroxylation is 1. The molecule has 0 aliphatic rings. The van der Waals surface area contributed by atoms with E-state index in [9.17, 15) is 0 Å². The molecule has 0 fully saturated rings. The van der Waals surface area contributed by atoms with Crippen LogP contribution in [0.15, 0.2) is 67.9 Å². The van der Waals surface area contributed by atoms with Gasteiger partial charge in [0, 0.05) is 37.3 Å². The predicted octanol–water partition coefficient (Wildman–Crippen LogP) is 4.48. The van der Waals surface area contributed by atoms with E-state index in [4.69, 9.17) is 0 Å². The molecular weight excluding hydrogens is 370 g/mol. The zero-order valence-electron chi connectivity index (χ0n) is 15.6. The first kappa shape index (κ1) is 17.9. The van der Waals surface area contributed by atoms with Crippen molar-refractivity contribution in [3.63, 3.8) is 0 Å². The minimum absolute atomic E-state index is 0.682. The molecular formula is C20H19N7S. The lowest BCUT2D eigenvalue weighted by Gasteiger charge is -2.04. The number of imidazole rings is 1. The van der Waals surface area contributed by atoms with Gasteiger partial charge < -0.3 is 5.32 Å². The second kappa shape index (κ2) is 7.61. The van der Waals surface area contributed by atoms with Crippen LogP contribution in [-0.2, 0) is 7.05 Å². The van der Waals surface area contributed by atoms with Crippen molar-refractivity contribution in [2.24, 2.45) is 7.05 Å². The largest absolute Gasteiger partial charge is 0.328 e. The van der Waals surface area contributed by atoms with Gasteiger partial charge in [0.15, 0.2) is 11.5 Å². The van der Waals surface area contributed by atoms with Crippen molar-refractivity contribution in [3.8, 4) is 11.3 Å². The molecule has 1 N–H and O–H groups in total. The molecule has 0 aliphatic heterocycles. The quantitative estimate of drug-likeness (QED) is 0.492. The number of anilines is 2. The van der Waals surface area contributed by atoms with Crippen LogP contribution in [0.5, 0.6) is 0 Å². The predicted molar refractivity (Wildman–Crippen MR) is 114 cm³/mol. The Bertz CT molecular complexity index is 1190. The smallest absolute Gasteiger partial charge is 0.180 e. The van der Waals surface area contributed by atoms with E-state index in [0.29, 0.717) is 5.82 Å². The molecule has 0 unspecified atom stereocenters. The maximum atomic E-state index is 4.55. The normalized spacial score (nSPS) is 12.1. The molecule has 0 saturated carbocycles. The van der Waals surface area contributed by atoms with Gasteiger partial charge >= 0.3 is 0 Å². The van der Waals surface area contributed by atoms with Gasteiger partial charge in [-0.05, 0) is 24.0 Å². The van der Waals surface area contributed by atoms with Crippen molar-refractivity contribution in [1.82, 2.24) is 28.5 Å². The number of hydrogen-bond donors (Lipinski definition) is 1. The second-order valence-corrected chi connectivity index (χ2v) is 6.99. The average Bonchev–Trinajstić information content (AvgIpc) is 3.41. The molecule has 0 amide bonds. The van der Waals surface area contributed by atoms with Gasteiger partial charge in [0.1, 0.15) is 5.00 Å². The van der Waals surface area contributed by atoms with Crippen molar-refractivity contribution in [1.29, 1.82) is 0 Å². The van der Waals surface area contributed by atoms with Crippen LogP contribution in [0, 0.1) is 0 Å². The number of aromatic nitrogens is 6. The first-order chi connectivity index (χ1) is 13.7. The number of fused-ring (bicyclic) bond motifs is 1. The topological polar surface area (TPSA) is 72.9 Å². The third-order valence-corrected chi connectivity index (χ3v) is 4.88. The summed E-state index contributed by atoms with van der Waals surface area (Å²) < 4.78 is 8.28. The number of nitrogens with one attached hydrogen (secondary N) is 1. The molecule has 0 spiro atoms. The van der Waals surface area contributed by atoms with E-state index >= 15 is 0 Å². The minimum Gasteiger partial charge on any atom is -0.328 e. The SMILES string of the molecule is C=C/C=C\C=C(/C)c1cc(Nc2nccn3c(-c4cnn(C)c4)cnc23)sn1. The number of rotatable bonds is 6. The lowest BCUT2D eigenvalue weighted by Crippen LogP contribution is -1.97. The molecule has 4 rings (SSSR count). The fraction of sp³-hybridized carbons (Fsp3) is 0.100. The summed E-state index contributed by atoms with van der Waals surface area (Å²) in [7, 11) is 1.90. The molecule has 0 bridgehead atoms. The summed E-state index contributed by atoms with van der Waals surface area (Å²) in [4.78, 5) is 9.00. The lowest BCUT2D eigenvalue weighted by molar-refractivity contribution is 0.768. The van der Waals surface area contributed by atoms with Gasteiger partial charge in [0.2, 0.25) is 0 Å². The molecule has 0 saturated heterocycles. The Balaban J connectivity index is 1.63. The van der Waals surface area contributed by atoms with Crippen molar-refractivity contribution in [2.75, 3.05) is 5.32 Å². The van der Waals surface area contributed by atoms with E-state index < -0.39 is 0 Å². The van der Waals surface area contributed by atoms with Gasteiger partial charge in [-0.15, -0.1) is 0 Å². The monoisotopic (exact) mass is 389 g/mol. The summed E-state index contributed by atoms with van der Waals surface area (Å²) in [5, 5.41) is 8.48. The van der Waals surface area contributed by atoms with Crippen LogP contribution in [0.2, 0.25) is 0 Å². The van der Waals surface area contributed by atoms with Crippen LogP contribution >= 0.6 is 11.5 Å². The maximum Gasteiger partial charge on any atom is 0.180 e. The summed E-state index contributed by atoms with van der Waals surface area (Å²) in [5.74, 6) is 0.682. The molecule has 0 aliphatic carbocycles. The molecule has 4 aromatic heterocycles. The number of allylic oxidation sites excluding steroid dienone is 5. The van der Waals surface area contributed by atoms with Crippen molar-refractivity contribution < 1.29 is 0 Å². The summed E-state index contributed by atoms with van der Waals surface area (Å²) in [5.41, 5.74) is 4.71. The van der Waals surface area contributed by atoms with Crippen LogP contribution in [0.4, 0.5) is 10.8 Å². The van der Waals surface area contributed by atoms with Gasteiger partial charge in [0.25, 0.3) is 0 Å². The molecule has 28 heavy (non-hydrogen) atoms. The highest BCUT2D eigenvalue weighted by Crippen LogP contribution is 2.28. The molecule has 0 atom stereocenters. The van der Waals surface area contributed by atoms with E-state index in [1.54, 1.807) is 17.0 Å². The molecule has 4 aromatic rings. The van der Waals surface area contributed by atoms with Crippen molar-refractivity contribution in [3.05, 3.63) is 73.6 Å². The zero-order valence-corrected chi connectivity index (χ0v) is 16.4.